The Balaban J connectivity index is 2.50. The van der Waals surface area contributed by atoms with E-state index in [4.69, 9.17) is 4.55 Å². The highest BCUT2D eigenvalue weighted by Crippen LogP contribution is 2.13. The topological polar surface area (TPSA) is 66.4 Å². The molecule has 0 spiro atoms. The van der Waals surface area contributed by atoms with Gasteiger partial charge in [0, 0.05) is 19.0 Å². The van der Waals surface area contributed by atoms with Crippen LogP contribution in [0.2, 0.25) is 0 Å². The molecule has 0 saturated carbocycles. The number of hydrogen-bond donors (Lipinski definition) is 2. The second-order valence-corrected chi connectivity index (χ2v) is 4.18. The molecule has 1 saturated heterocycles. The SMILES string of the molecule is O=S(=O)(O)CC1CNCC1F. The highest BCUT2D eigenvalue weighted by Gasteiger charge is 2.30. The van der Waals surface area contributed by atoms with E-state index in [1.807, 2.05) is 0 Å². The van der Waals surface area contributed by atoms with Crippen LogP contribution in [0.5, 0.6) is 0 Å². The minimum Gasteiger partial charge on any atom is -0.313 e. The van der Waals surface area contributed by atoms with Gasteiger partial charge in [-0.3, -0.25) is 4.55 Å². The predicted molar refractivity (Wildman–Crippen MR) is 37.7 cm³/mol. The number of nitrogens with one attached hydrogen (secondary N) is 1. The molecule has 0 aromatic rings. The zero-order chi connectivity index (χ0) is 8.48. The lowest BCUT2D eigenvalue weighted by Crippen LogP contribution is -2.23. The third-order valence-corrected chi connectivity index (χ3v) is 2.53. The molecule has 2 N–H and O–H groups in total. The number of alkyl halides is 1. The molecule has 0 bridgehead atoms. The van der Waals surface area contributed by atoms with Crippen LogP contribution < -0.4 is 5.32 Å². The van der Waals surface area contributed by atoms with E-state index >= 15 is 0 Å². The van der Waals surface area contributed by atoms with E-state index in [1.54, 1.807) is 0 Å². The summed E-state index contributed by atoms with van der Waals surface area (Å²) in [5.41, 5.74) is 0. The normalized spacial score (nSPS) is 32.5. The maximum absolute atomic E-state index is 12.7. The Kier molecular flexibility index (Phi) is 2.46. The van der Waals surface area contributed by atoms with Crippen molar-refractivity contribution in [3.8, 4) is 0 Å². The lowest BCUT2D eigenvalue weighted by molar-refractivity contribution is 0.296. The van der Waals surface area contributed by atoms with Gasteiger partial charge in [0.15, 0.2) is 0 Å². The zero-order valence-corrected chi connectivity index (χ0v) is 6.64. The Morgan fingerprint density at radius 2 is 2.18 bits per heavy atom. The fraction of sp³-hybridized carbons (Fsp3) is 1.00. The average molecular weight is 183 g/mol. The van der Waals surface area contributed by atoms with E-state index in [-0.39, 0.29) is 6.54 Å². The first-order valence-corrected chi connectivity index (χ1v) is 4.90. The maximum Gasteiger partial charge on any atom is 0.265 e. The van der Waals surface area contributed by atoms with Crippen molar-refractivity contribution < 1.29 is 17.4 Å². The van der Waals surface area contributed by atoms with Gasteiger partial charge < -0.3 is 5.32 Å². The maximum atomic E-state index is 12.7. The van der Waals surface area contributed by atoms with Gasteiger partial charge in [-0.05, 0) is 0 Å². The smallest absolute Gasteiger partial charge is 0.265 e. The van der Waals surface area contributed by atoms with Crippen molar-refractivity contribution in [1.29, 1.82) is 0 Å². The Labute approximate surface area is 64.5 Å². The molecular weight excluding hydrogens is 173 g/mol. The first-order valence-electron chi connectivity index (χ1n) is 3.29. The Morgan fingerprint density at radius 1 is 1.55 bits per heavy atom. The molecule has 1 rings (SSSR count). The molecule has 0 aliphatic carbocycles. The molecule has 66 valence electrons. The summed E-state index contributed by atoms with van der Waals surface area (Å²) in [4.78, 5) is 0. The zero-order valence-electron chi connectivity index (χ0n) is 5.83. The molecule has 0 aromatic heterocycles. The van der Waals surface area contributed by atoms with Gasteiger partial charge in [0.05, 0.1) is 5.75 Å². The van der Waals surface area contributed by atoms with Crippen molar-refractivity contribution in [2.45, 2.75) is 6.17 Å². The molecule has 4 nitrogen and oxygen atoms in total. The number of rotatable bonds is 2. The summed E-state index contributed by atoms with van der Waals surface area (Å²) in [5.74, 6) is -1.08. The standard InChI is InChI=1S/C5H10FNO3S/c6-5-2-7-1-4(5)3-11(8,9)10/h4-5,7H,1-3H2,(H,8,9,10). The van der Waals surface area contributed by atoms with Crippen molar-refractivity contribution >= 4 is 10.1 Å². The number of halogens is 1. The van der Waals surface area contributed by atoms with Gasteiger partial charge in [-0.15, -0.1) is 0 Å². The average Bonchev–Trinajstić information content (AvgIpc) is 2.12. The summed E-state index contributed by atoms with van der Waals surface area (Å²) in [6, 6.07) is 0. The van der Waals surface area contributed by atoms with Gasteiger partial charge in [0.2, 0.25) is 0 Å². The van der Waals surface area contributed by atoms with Gasteiger partial charge in [0.1, 0.15) is 6.17 Å². The summed E-state index contributed by atoms with van der Waals surface area (Å²) < 4.78 is 41.6. The number of hydrogen-bond acceptors (Lipinski definition) is 3. The summed E-state index contributed by atoms with van der Waals surface area (Å²) in [6.45, 7) is 0.501. The molecule has 0 radical (unpaired) electrons. The lowest BCUT2D eigenvalue weighted by atomic mass is 10.1. The van der Waals surface area contributed by atoms with Crippen LogP contribution in [0.4, 0.5) is 4.39 Å². The van der Waals surface area contributed by atoms with Gasteiger partial charge >= 0.3 is 0 Å². The molecule has 2 unspecified atom stereocenters. The summed E-state index contributed by atoms with van der Waals surface area (Å²) in [7, 11) is -4.02. The highest BCUT2D eigenvalue weighted by atomic mass is 32.2. The van der Waals surface area contributed by atoms with E-state index in [2.05, 4.69) is 5.32 Å². The van der Waals surface area contributed by atoms with Crippen LogP contribution in [0.3, 0.4) is 0 Å². The van der Waals surface area contributed by atoms with Gasteiger partial charge in [-0.25, -0.2) is 4.39 Å². The molecule has 1 heterocycles. The molecule has 1 aliphatic rings. The fourth-order valence-corrected chi connectivity index (χ4v) is 2.00. The first-order chi connectivity index (χ1) is 4.99. The molecule has 2 atom stereocenters. The Morgan fingerprint density at radius 3 is 2.55 bits per heavy atom. The molecule has 0 aromatic carbocycles. The first kappa shape index (κ1) is 8.89. The molecule has 0 amide bonds. The van der Waals surface area contributed by atoms with Crippen LogP contribution in [0.1, 0.15) is 0 Å². The van der Waals surface area contributed by atoms with E-state index < -0.39 is 28.0 Å². The van der Waals surface area contributed by atoms with Crippen LogP contribution in [-0.4, -0.2) is 38.0 Å². The summed E-state index contributed by atoms with van der Waals surface area (Å²) in [5, 5.41) is 2.69. The quantitative estimate of drug-likeness (QED) is 0.563. The van der Waals surface area contributed by atoms with Crippen molar-refractivity contribution in [2.75, 3.05) is 18.8 Å². The fourth-order valence-electron chi connectivity index (χ4n) is 1.14. The lowest BCUT2D eigenvalue weighted by Gasteiger charge is -2.07. The molecular formula is C5H10FNO3S. The third kappa shape index (κ3) is 2.72. The summed E-state index contributed by atoms with van der Waals surface area (Å²) >= 11 is 0. The second-order valence-electron chi connectivity index (χ2n) is 2.68. The van der Waals surface area contributed by atoms with Crippen LogP contribution >= 0.6 is 0 Å². The molecule has 11 heavy (non-hydrogen) atoms. The van der Waals surface area contributed by atoms with E-state index in [0.29, 0.717) is 6.54 Å². The largest absolute Gasteiger partial charge is 0.313 e. The summed E-state index contributed by atoms with van der Waals surface area (Å²) in [6.07, 6.45) is -1.16. The second kappa shape index (κ2) is 3.04. The molecule has 1 fully saturated rings. The monoisotopic (exact) mass is 183 g/mol. The van der Waals surface area contributed by atoms with Crippen molar-refractivity contribution in [3.63, 3.8) is 0 Å². The van der Waals surface area contributed by atoms with Gasteiger partial charge in [-0.2, -0.15) is 8.42 Å². The molecule has 6 heteroatoms. The van der Waals surface area contributed by atoms with E-state index in [1.165, 1.54) is 0 Å². The third-order valence-electron chi connectivity index (χ3n) is 1.68. The van der Waals surface area contributed by atoms with Crippen molar-refractivity contribution in [2.24, 2.45) is 5.92 Å². The minimum atomic E-state index is -4.02. The Bertz CT molecular complexity index is 228. The minimum absolute atomic E-state index is 0.181. The van der Waals surface area contributed by atoms with Crippen LogP contribution in [-0.2, 0) is 10.1 Å². The highest BCUT2D eigenvalue weighted by molar-refractivity contribution is 7.85. The van der Waals surface area contributed by atoms with Gasteiger partial charge in [-0.1, -0.05) is 0 Å². The van der Waals surface area contributed by atoms with Gasteiger partial charge in [0.25, 0.3) is 10.1 Å². The predicted octanol–water partition coefficient (Wildman–Crippen LogP) is -0.568. The molecule has 1 aliphatic heterocycles. The Hall–Kier alpha value is -0.200. The van der Waals surface area contributed by atoms with E-state index in [0.717, 1.165) is 0 Å². The van der Waals surface area contributed by atoms with Crippen molar-refractivity contribution in [1.82, 2.24) is 5.32 Å². The van der Waals surface area contributed by atoms with Crippen LogP contribution in [0, 0.1) is 5.92 Å². The van der Waals surface area contributed by atoms with Crippen molar-refractivity contribution in [3.05, 3.63) is 0 Å². The van der Waals surface area contributed by atoms with Crippen LogP contribution in [0.25, 0.3) is 0 Å². The van der Waals surface area contributed by atoms with Crippen LogP contribution in [0.15, 0.2) is 0 Å². The van der Waals surface area contributed by atoms with E-state index in [9.17, 15) is 12.8 Å².